The fraction of sp³-hybridized carbons (Fsp3) is 0.889. The van der Waals surface area contributed by atoms with Crippen LogP contribution in [0.25, 0.3) is 0 Å². The molecule has 4 heteroatoms. The number of hydrogen-bond donors (Lipinski definition) is 1. The Bertz CT molecular complexity index is 220. The summed E-state index contributed by atoms with van der Waals surface area (Å²) in [4.78, 5) is 12.8. The number of piperidine rings is 1. The van der Waals surface area contributed by atoms with Gasteiger partial charge in [0.2, 0.25) is 5.67 Å². The maximum Gasteiger partial charge on any atom is 0.341 e. The summed E-state index contributed by atoms with van der Waals surface area (Å²) >= 11 is 0. The third-order valence-electron chi connectivity index (χ3n) is 3.04. The van der Waals surface area contributed by atoms with Crippen LogP contribution in [0.2, 0.25) is 0 Å². The summed E-state index contributed by atoms with van der Waals surface area (Å²) in [7, 11) is 0. The Kier molecular flexibility index (Phi) is 2.02. The summed E-state index contributed by atoms with van der Waals surface area (Å²) in [6.07, 6.45) is 2.70. The van der Waals surface area contributed by atoms with Gasteiger partial charge in [-0.25, -0.2) is 9.18 Å². The van der Waals surface area contributed by atoms with Crippen molar-refractivity contribution in [3.05, 3.63) is 0 Å². The molecule has 1 aliphatic heterocycles. The molecule has 2 aliphatic rings. The number of carbonyl (C=O) groups is 1. The Labute approximate surface area is 76.5 Å². The number of rotatable bonds is 2. The van der Waals surface area contributed by atoms with Gasteiger partial charge in [-0.1, -0.05) is 0 Å². The highest BCUT2D eigenvalue weighted by Gasteiger charge is 2.44. The van der Waals surface area contributed by atoms with Gasteiger partial charge in [-0.3, -0.25) is 0 Å². The topological polar surface area (TPSA) is 40.5 Å². The lowest BCUT2D eigenvalue weighted by Gasteiger charge is -2.33. The first kappa shape index (κ1) is 8.94. The first-order chi connectivity index (χ1) is 6.12. The maximum atomic E-state index is 13.5. The monoisotopic (exact) mass is 187 g/mol. The van der Waals surface area contributed by atoms with Crippen molar-refractivity contribution < 1.29 is 14.3 Å². The number of carboxylic acids is 1. The minimum absolute atomic E-state index is 0.152. The lowest BCUT2D eigenvalue weighted by Crippen LogP contribution is -2.47. The van der Waals surface area contributed by atoms with E-state index in [2.05, 4.69) is 4.90 Å². The van der Waals surface area contributed by atoms with Gasteiger partial charge in [0.05, 0.1) is 0 Å². The predicted octanol–water partition coefficient (Wildman–Crippen LogP) is 1.04. The SMILES string of the molecule is O=C(O)C1(F)CCN(C2CC2)CC1. The van der Waals surface area contributed by atoms with Crippen LogP contribution in [0, 0.1) is 0 Å². The second kappa shape index (κ2) is 2.94. The van der Waals surface area contributed by atoms with E-state index < -0.39 is 11.6 Å². The van der Waals surface area contributed by atoms with Gasteiger partial charge in [0, 0.05) is 32.0 Å². The molecule has 1 aliphatic carbocycles. The van der Waals surface area contributed by atoms with Crippen molar-refractivity contribution in [1.82, 2.24) is 4.90 Å². The highest BCUT2D eigenvalue weighted by atomic mass is 19.1. The van der Waals surface area contributed by atoms with Crippen molar-refractivity contribution >= 4 is 5.97 Å². The lowest BCUT2D eigenvalue weighted by atomic mass is 9.93. The maximum absolute atomic E-state index is 13.5. The molecule has 0 atom stereocenters. The first-order valence-corrected chi connectivity index (χ1v) is 4.78. The van der Waals surface area contributed by atoms with E-state index in [0.29, 0.717) is 19.1 Å². The summed E-state index contributed by atoms with van der Waals surface area (Å²) in [5.41, 5.74) is -1.95. The van der Waals surface area contributed by atoms with Crippen molar-refractivity contribution in [2.45, 2.75) is 37.4 Å². The van der Waals surface area contributed by atoms with Crippen LogP contribution in [0.3, 0.4) is 0 Å². The van der Waals surface area contributed by atoms with Crippen molar-refractivity contribution in [3.63, 3.8) is 0 Å². The number of likely N-dealkylation sites (tertiary alicyclic amines) is 1. The molecule has 0 aromatic carbocycles. The fourth-order valence-corrected chi connectivity index (χ4v) is 1.90. The molecule has 0 bridgehead atoms. The van der Waals surface area contributed by atoms with E-state index in [1.165, 1.54) is 12.8 Å². The zero-order valence-electron chi connectivity index (χ0n) is 7.50. The largest absolute Gasteiger partial charge is 0.479 e. The number of hydrogen-bond acceptors (Lipinski definition) is 2. The molecule has 2 rings (SSSR count). The second-order valence-corrected chi connectivity index (χ2v) is 4.04. The molecule has 0 aromatic rings. The van der Waals surface area contributed by atoms with E-state index in [-0.39, 0.29) is 12.8 Å². The van der Waals surface area contributed by atoms with Crippen LogP contribution in [0.4, 0.5) is 4.39 Å². The van der Waals surface area contributed by atoms with E-state index in [9.17, 15) is 9.18 Å². The lowest BCUT2D eigenvalue weighted by molar-refractivity contribution is -0.154. The summed E-state index contributed by atoms with van der Waals surface area (Å²) in [5.74, 6) is -1.29. The average molecular weight is 187 g/mol. The molecule has 0 aromatic heterocycles. The Hall–Kier alpha value is -0.640. The zero-order chi connectivity index (χ0) is 9.47. The summed E-state index contributed by atoms with van der Waals surface area (Å²) < 4.78 is 13.5. The van der Waals surface area contributed by atoms with Crippen LogP contribution in [-0.2, 0) is 4.79 Å². The van der Waals surface area contributed by atoms with E-state index >= 15 is 0 Å². The van der Waals surface area contributed by atoms with Crippen LogP contribution in [0.15, 0.2) is 0 Å². The molecular weight excluding hydrogens is 173 g/mol. The van der Waals surface area contributed by atoms with Crippen molar-refractivity contribution in [3.8, 4) is 0 Å². The van der Waals surface area contributed by atoms with Gasteiger partial charge in [0.25, 0.3) is 0 Å². The van der Waals surface area contributed by atoms with Crippen LogP contribution in [-0.4, -0.2) is 40.8 Å². The van der Waals surface area contributed by atoms with E-state index in [1.54, 1.807) is 0 Å². The fourth-order valence-electron chi connectivity index (χ4n) is 1.90. The highest BCUT2D eigenvalue weighted by Crippen LogP contribution is 2.34. The second-order valence-electron chi connectivity index (χ2n) is 4.04. The van der Waals surface area contributed by atoms with Gasteiger partial charge in [-0.2, -0.15) is 0 Å². The normalized spacial score (nSPS) is 28.7. The zero-order valence-corrected chi connectivity index (χ0v) is 7.50. The third kappa shape index (κ3) is 1.68. The van der Waals surface area contributed by atoms with E-state index in [0.717, 1.165) is 0 Å². The number of carboxylic acid groups (broad SMARTS) is 1. The smallest absolute Gasteiger partial charge is 0.341 e. The number of alkyl halides is 1. The van der Waals surface area contributed by atoms with Crippen LogP contribution >= 0.6 is 0 Å². The van der Waals surface area contributed by atoms with Crippen LogP contribution < -0.4 is 0 Å². The van der Waals surface area contributed by atoms with Crippen LogP contribution in [0.1, 0.15) is 25.7 Å². The van der Waals surface area contributed by atoms with Crippen molar-refractivity contribution in [2.24, 2.45) is 0 Å². The van der Waals surface area contributed by atoms with E-state index in [1.807, 2.05) is 0 Å². The molecule has 1 heterocycles. The standard InChI is InChI=1S/C9H14FNO2/c10-9(8(12)13)3-5-11(6-4-9)7-1-2-7/h7H,1-6H2,(H,12,13). The molecule has 13 heavy (non-hydrogen) atoms. The molecule has 0 spiro atoms. The molecule has 1 saturated heterocycles. The van der Waals surface area contributed by atoms with E-state index in [4.69, 9.17) is 5.11 Å². The summed E-state index contributed by atoms with van der Waals surface area (Å²) in [5, 5.41) is 8.64. The average Bonchev–Trinajstić information content (AvgIpc) is 2.88. The van der Waals surface area contributed by atoms with Gasteiger partial charge in [0.15, 0.2) is 0 Å². The van der Waals surface area contributed by atoms with Gasteiger partial charge < -0.3 is 10.0 Å². The van der Waals surface area contributed by atoms with Gasteiger partial charge in [-0.05, 0) is 12.8 Å². The molecule has 0 radical (unpaired) electrons. The Morgan fingerprint density at radius 1 is 1.38 bits per heavy atom. The molecule has 1 saturated carbocycles. The highest BCUT2D eigenvalue weighted by molar-refractivity contribution is 5.77. The number of halogens is 1. The minimum atomic E-state index is -1.95. The summed E-state index contributed by atoms with van der Waals surface area (Å²) in [6, 6.07) is 0.623. The van der Waals surface area contributed by atoms with Crippen molar-refractivity contribution in [1.29, 1.82) is 0 Å². The van der Waals surface area contributed by atoms with Crippen LogP contribution in [0.5, 0.6) is 0 Å². The molecule has 2 fully saturated rings. The summed E-state index contributed by atoms with van der Waals surface area (Å²) in [6.45, 7) is 1.21. The molecule has 1 N–H and O–H groups in total. The Morgan fingerprint density at radius 2 is 1.92 bits per heavy atom. The number of nitrogens with zero attached hydrogens (tertiary/aromatic N) is 1. The molecule has 74 valence electrons. The molecular formula is C9H14FNO2. The van der Waals surface area contributed by atoms with Crippen molar-refractivity contribution in [2.75, 3.05) is 13.1 Å². The van der Waals surface area contributed by atoms with Gasteiger partial charge in [0.1, 0.15) is 0 Å². The molecule has 0 amide bonds. The van der Waals surface area contributed by atoms with Gasteiger partial charge >= 0.3 is 5.97 Å². The quantitative estimate of drug-likeness (QED) is 0.702. The minimum Gasteiger partial charge on any atom is -0.479 e. The van der Waals surface area contributed by atoms with Gasteiger partial charge in [-0.15, -0.1) is 0 Å². The number of aliphatic carboxylic acids is 1. The Morgan fingerprint density at radius 3 is 2.31 bits per heavy atom. The third-order valence-corrected chi connectivity index (χ3v) is 3.04. The molecule has 0 unspecified atom stereocenters. The molecule has 3 nitrogen and oxygen atoms in total. The predicted molar refractivity (Wildman–Crippen MR) is 45.3 cm³/mol. The first-order valence-electron chi connectivity index (χ1n) is 4.78. The Balaban J connectivity index is 1.90.